The molecule has 0 aromatic heterocycles. The van der Waals surface area contributed by atoms with Gasteiger partial charge in [-0.15, -0.1) is 0 Å². The zero-order chi connectivity index (χ0) is 20.6. The third-order valence-electron chi connectivity index (χ3n) is 4.93. The minimum absolute atomic E-state index is 0.120. The van der Waals surface area contributed by atoms with E-state index in [1.807, 2.05) is 67.3 Å². The number of carbonyl (C=O) groups excluding carboxylic acids is 2. The van der Waals surface area contributed by atoms with Crippen molar-refractivity contribution in [1.29, 1.82) is 0 Å². The Labute approximate surface area is 172 Å². The second kappa shape index (κ2) is 9.96. The van der Waals surface area contributed by atoms with E-state index in [1.54, 1.807) is 0 Å². The van der Waals surface area contributed by atoms with Crippen molar-refractivity contribution in [1.82, 2.24) is 4.90 Å². The van der Waals surface area contributed by atoms with Gasteiger partial charge in [-0.05, 0) is 68.7 Å². The Bertz CT molecular complexity index is 836. The summed E-state index contributed by atoms with van der Waals surface area (Å²) in [7, 11) is 0. The molecule has 3 rings (SSSR count). The van der Waals surface area contributed by atoms with Gasteiger partial charge in [0.2, 0.25) is 11.8 Å². The van der Waals surface area contributed by atoms with E-state index in [2.05, 4.69) is 10.6 Å². The Balaban J connectivity index is 1.56. The Morgan fingerprint density at radius 2 is 1.93 bits per heavy atom. The Kier molecular flexibility index (Phi) is 7.11. The summed E-state index contributed by atoms with van der Waals surface area (Å²) in [5, 5.41) is 6.15. The average molecular weight is 396 g/mol. The second-order valence-electron chi connectivity index (χ2n) is 7.29. The number of likely N-dealkylation sites (tertiary alicyclic amines) is 1. The van der Waals surface area contributed by atoms with Crippen molar-refractivity contribution in [3.63, 3.8) is 0 Å². The highest BCUT2D eigenvalue weighted by Gasteiger charge is 2.18. The highest BCUT2D eigenvalue weighted by molar-refractivity contribution is 5.96. The molecule has 2 aromatic carbocycles. The van der Waals surface area contributed by atoms with Crippen molar-refractivity contribution >= 4 is 23.2 Å². The van der Waals surface area contributed by atoms with Crippen molar-refractivity contribution < 1.29 is 14.3 Å². The van der Waals surface area contributed by atoms with E-state index < -0.39 is 6.04 Å². The molecule has 154 valence electrons. The summed E-state index contributed by atoms with van der Waals surface area (Å²) in [4.78, 5) is 26.5. The van der Waals surface area contributed by atoms with E-state index in [4.69, 9.17) is 4.74 Å². The maximum Gasteiger partial charge on any atom is 0.246 e. The zero-order valence-electron chi connectivity index (χ0n) is 17.1. The molecule has 29 heavy (non-hydrogen) atoms. The van der Waals surface area contributed by atoms with Gasteiger partial charge in [0.25, 0.3) is 0 Å². The van der Waals surface area contributed by atoms with Crippen molar-refractivity contribution in [2.75, 3.05) is 23.8 Å². The summed E-state index contributed by atoms with van der Waals surface area (Å²) in [6.07, 6.45) is 2.69. The number of piperidine rings is 1. The molecule has 0 aliphatic carbocycles. The van der Waals surface area contributed by atoms with Crippen LogP contribution in [0.15, 0.2) is 48.5 Å². The predicted molar refractivity (Wildman–Crippen MR) is 115 cm³/mol. The summed E-state index contributed by atoms with van der Waals surface area (Å²) in [6.45, 7) is 5.79. The second-order valence-corrected chi connectivity index (χ2v) is 7.29. The standard InChI is InChI=1S/C23H29N3O3/c1-3-29-21-12-10-19(11-13-21)25-23(28)17(2)24-20-8-6-7-18(15-20)16-26-14-5-4-9-22(26)27/h6-8,10-13,15,17,24H,3-5,9,14,16H2,1-2H3,(H,25,28). The van der Waals surface area contributed by atoms with Crippen LogP contribution in [-0.4, -0.2) is 35.9 Å². The van der Waals surface area contributed by atoms with E-state index in [0.29, 0.717) is 19.6 Å². The van der Waals surface area contributed by atoms with Gasteiger partial charge in [0.1, 0.15) is 11.8 Å². The predicted octanol–water partition coefficient (Wildman–Crippen LogP) is 4.04. The first-order chi connectivity index (χ1) is 14.0. The molecule has 0 saturated carbocycles. The molecule has 2 N–H and O–H groups in total. The lowest BCUT2D eigenvalue weighted by molar-refractivity contribution is -0.133. The van der Waals surface area contributed by atoms with Crippen LogP contribution in [0.25, 0.3) is 0 Å². The van der Waals surface area contributed by atoms with E-state index in [1.165, 1.54) is 0 Å². The fraction of sp³-hybridized carbons (Fsp3) is 0.391. The molecule has 0 spiro atoms. The summed E-state index contributed by atoms with van der Waals surface area (Å²) in [5.41, 5.74) is 2.65. The zero-order valence-corrected chi connectivity index (χ0v) is 17.1. The molecular weight excluding hydrogens is 366 g/mol. The van der Waals surface area contributed by atoms with Gasteiger partial charge in [0, 0.05) is 30.9 Å². The van der Waals surface area contributed by atoms with E-state index in [9.17, 15) is 9.59 Å². The fourth-order valence-electron chi connectivity index (χ4n) is 3.38. The molecule has 6 heteroatoms. The third kappa shape index (κ3) is 5.98. The van der Waals surface area contributed by atoms with Gasteiger partial charge >= 0.3 is 0 Å². The number of nitrogens with one attached hydrogen (secondary N) is 2. The lowest BCUT2D eigenvalue weighted by Gasteiger charge is -2.27. The Hall–Kier alpha value is -3.02. The van der Waals surface area contributed by atoms with Crippen LogP contribution in [0.3, 0.4) is 0 Å². The highest BCUT2D eigenvalue weighted by atomic mass is 16.5. The van der Waals surface area contributed by atoms with E-state index in [-0.39, 0.29) is 11.8 Å². The monoisotopic (exact) mass is 395 g/mol. The molecule has 1 saturated heterocycles. The first kappa shape index (κ1) is 20.7. The lowest BCUT2D eigenvalue weighted by atomic mass is 10.1. The molecule has 1 fully saturated rings. The normalized spacial score (nSPS) is 15.0. The molecule has 1 aliphatic heterocycles. The van der Waals surface area contributed by atoms with Crippen LogP contribution in [0.4, 0.5) is 11.4 Å². The molecular formula is C23H29N3O3. The van der Waals surface area contributed by atoms with Gasteiger partial charge < -0.3 is 20.3 Å². The van der Waals surface area contributed by atoms with E-state index >= 15 is 0 Å². The molecule has 0 bridgehead atoms. The van der Waals surface area contributed by atoms with Crippen LogP contribution >= 0.6 is 0 Å². The summed E-state index contributed by atoms with van der Waals surface area (Å²) in [5.74, 6) is 0.879. The minimum atomic E-state index is -0.409. The summed E-state index contributed by atoms with van der Waals surface area (Å²) in [6, 6.07) is 14.8. The number of anilines is 2. The number of rotatable bonds is 8. The highest BCUT2D eigenvalue weighted by Crippen LogP contribution is 2.19. The maximum atomic E-state index is 12.5. The van der Waals surface area contributed by atoms with Crippen molar-refractivity contribution in [3.05, 3.63) is 54.1 Å². The molecule has 2 aromatic rings. The molecule has 1 unspecified atom stereocenters. The fourth-order valence-corrected chi connectivity index (χ4v) is 3.38. The number of amides is 2. The number of carbonyl (C=O) groups is 2. The van der Waals surface area contributed by atoms with E-state index in [0.717, 1.165) is 42.1 Å². The summed E-state index contributed by atoms with van der Waals surface area (Å²) < 4.78 is 5.41. The van der Waals surface area contributed by atoms with Crippen molar-refractivity contribution in [3.8, 4) is 5.75 Å². The third-order valence-corrected chi connectivity index (χ3v) is 4.93. The largest absolute Gasteiger partial charge is 0.494 e. The number of hydrogen-bond donors (Lipinski definition) is 2. The smallest absolute Gasteiger partial charge is 0.246 e. The number of ether oxygens (including phenoxy) is 1. The number of benzene rings is 2. The first-order valence-corrected chi connectivity index (χ1v) is 10.2. The summed E-state index contributed by atoms with van der Waals surface area (Å²) >= 11 is 0. The van der Waals surface area contributed by atoms with Gasteiger partial charge in [-0.1, -0.05) is 12.1 Å². The van der Waals surface area contributed by atoms with Crippen LogP contribution in [0.2, 0.25) is 0 Å². The molecule has 0 radical (unpaired) electrons. The molecule has 1 atom stereocenters. The molecule has 6 nitrogen and oxygen atoms in total. The van der Waals surface area contributed by atoms with Crippen LogP contribution in [0.5, 0.6) is 5.75 Å². The SMILES string of the molecule is CCOc1ccc(NC(=O)C(C)Nc2cccc(CN3CCCCC3=O)c2)cc1. The van der Waals surface area contributed by atoms with Gasteiger partial charge in [0.05, 0.1) is 6.61 Å². The van der Waals surface area contributed by atoms with Crippen molar-refractivity contribution in [2.45, 2.75) is 45.7 Å². The molecule has 2 amide bonds. The van der Waals surface area contributed by atoms with Gasteiger partial charge in [-0.25, -0.2) is 0 Å². The maximum absolute atomic E-state index is 12.5. The Morgan fingerprint density at radius 1 is 1.14 bits per heavy atom. The van der Waals surface area contributed by atoms with Gasteiger partial charge in [-0.2, -0.15) is 0 Å². The van der Waals surface area contributed by atoms with Crippen LogP contribution in [-0.2, 0) is 16.1 Å². The molecule has 1 aliphatic rings. The lowest BCUT2D eigenvalue weighted by Crippen LogP contribution is -2.34. The van der Waals surface area contributed by atoms with Crippen molar-refractivity contribution in [2.24, 2.45) is 0 Å². The first-order valence-electron chi connectivity index (χ1n) is 10.2. The quantitative estimate of drug-likeness (QED) is 0.708. The van der Waals surface area contributed by atoms with Crippen LogP contribution < -0.4 is 15.4 Å². The van der Waals surface area contributed by atoms with Crippen LogP contribution in [0.1, 0.15) is 38.7 Å². The minimum Gasteiger partial charge on any atom is -0.494 e. The van der Waals surface area contributed by atoms with Crippen LogP contribution in [0, 0.1) is 0 Å². The Morgan fingerprint density at radius 3 is 2.66 bits per heavy atom. The number of nitrogens with zero attached hydrogens (tertiary/aromatic N) is 1. The van der Waals surface area contributed by atoms with Gasteiger partial charge in [-0.3, -0.25) is 9.59 Å². The van der Waals surface area contributed by atoms with Gasteiger partial charge in [0.15, 0.2) is 0 Å². The topological polar surface area (TPSA) is 70.7 Å². The molecule has 1 heterocycles. The number of hydrogen-bond acceptors (Lipinski definition) is 4. The average Bonchev–Trinajstić information content (AvgIpc) is 2.72.